The zero-order valence-corrected chi connectivity index (χ0v) is 12.9. The molecule has 0 spiro atoms. The molecule has 0 aromatic heterocycles. The number of rotatable bonds is 6. The third-order valence-electron chi connectivity index (χ3n) is 3.40. The Morgan fingerprint density at radius 3 is 1.85 bits per heavy atom. The van der Waals surface area contributed by atoms with Crippen molar-refractivity contribution in [2.24, 2.45) is 0 Å². The molecule has 0 radical (unpaired) electrons. The first-order valence-electron chi connectivity index (χ1n) is 7.11. The lowest BCUT2D eigenvalue weighted by atomic mass is 10.00. The lowest BCUT2D eigenvalue weighted by Crippen LogP contribution is -2.56. The molecular formula is C17H11F7O2. The van der Waals surface area contributed by atoms with E-state index >= 15 is 0 Å². The summed E-state index contributed by atoms with van der Waals surface area (Å²) in [6, 6.07) is 12.2. The van der Waals surface area contributed by atoms with Crippen molar-refractivity contribution in [1.29, 1.82) is 0 Å². The summed E-state index contributed by atoms with van der Waals surface area (Å²) in [4.78, 5) is 11.5. The molecule has 0 amide bonds. The van der Waals surface area contributed by atoms with Crippen molar-refractivity contribution in [2.75, 3.05) is 0 Å². The number of halogens is 7. The largest absolute Gasteiger partial charge is 0.489 e. The Morgan fingerprint density at radius 2 is 1.35 bits per heavy atom. The average molecular weight is 380 g/mol. The zero-order valence-electron chi connectivity index (χ0n) is 12.9. The highest BCUT2D eigenvalue weighted by molar-refractivity contribution is 6.02. The van der Waals surface area contributed by atoms with Crippen molar-refractivity contribution >= 4 is 5.78 Å². The van der Waals surface area contributed by atoms with Gasteiger partial charge < -0.3 is 4.74 Å². The summed E-state index contributed by atoms with van der Waals surface area (Å²) in [6.07, 6.45) is -6.56. The summed E-state index contributed by atoms with van der Waals surface area (Å²) < 4.78 is 94.3. The van der Waals surface area contributed by atoms with Gasteiger partial charge in [-0.25, -0.2) is 0 Å². The molecule has 2 aromatic rings. The minimum Gasteiger partial charge on any atom is -0.489 e. The minimum atomic E-state index is -6.56. The molecule has 2 aromatic carbocycles. The predicted molar refractivity (Wildman–Crippen MR) is 77.5 cm³/mol. The molecule has 9 heteroatoms. The smallest absolute Gasteiger partial charge is 0.460 e. The highest BCUT2D eigenvalue weighted by atomic mass is 19.4. The van der Waals surface area contributed by atoms with Crippen molar-refractivity contribution in [2.45, 2.75) is 24.6 Å². The van der Waals surface area contributed by atoms with Crippen LogP contribution in [0.5, 0.6) is 5.75 Å². The maximum atomic E-state index is 13.4. The molecule has 0 saturated carbocycles. The van der Waals surface area contributed by atoms with Crippen LogP contribution in [0.15, 0.2) is 54.6 Å². The Labute approximate surface area is 143 Å². The molecule has 2 nitrogen and oxygen atoms in total. The molecule has 0 aliphatic heterocycles. The number of carbonyl (C=O) groups excluding carboxylic acids is 1. The van der Waals surface area contributed by atoms with Crippen molar-refractivity contribution < 1.29 is 40.3 Å². The highest BCUT2D eigenvalue weighted by Crippen LogP contribution is 2.47. The van der Waals surface area contributed by atoms with E-state index in [0.717, 1.165) is 17.7 Å². The predicted octanol–water partition coefficient (Wildman–Crippen LogP) is 5.28. The fourth-order valence-electron chi connectivity index (χ4n) is 1.95. The fourth-order valence-corrected chi connectivity index (χ4v) is 1.95. The summed E-state index contributed by atoms with van der Waals surface area (Å²) in [7, 11) is 0. The van der Waals surface area contributed by atoms with Crippen LogP contribution in [0.4, 0.5) is 30.7 Å². The Kier molecular flexibility index (Phi) is 5.29. The first kappa shape index (κ1) is 19.7. The van der Waals surface area contributed by atoms with Gasteiger partial charge in [-0.05, 0) is 29.8 Å². The van der Waals surface area contributed by atoms with Crippen LogP contribution in [0, 0.1) is 0 Å². The number of alkyl halides is 7. The topological polar surface area (TPSA) is 26.3 Å². The SMILES string of the molecule is O=C(c1ccc(OCc2ccccc2)cc1)C(F)(F)C(F)(F)C(F)(F)F. The van der Waals surface area contributed by atoms with E-state index in [1.807, 2.05) is 0 Å². The van der Waals surface area contributed by atoms with Crippen LogP contribution in [-0.2, 0) is 6.61 Å². The molecule has 0 fully saturated rings. The van der Waals surface area contributed by atoms with Gasteiger partial charge in [-0.3, -0.25) is 4.79 Å². The summed E-state index contributed by atoms with van der Waals surface area (Å²) in [6.45, 7) is 0.108. The van der Waals surface area contributed by atoms with Crippen LogP contribution in [0.2, 0.25) is 0 Å². The van der Waals surface area contributed by atoms with Gasteiger partial charge in [-0.1, -0.05) is 30.3 Å². The van der Waals surface area contributed by atoms with E-state index in [1.165, 1.54) is 0 Å². The summed E-state index contributed by atoms with van der Waals surface area (Å²) >= 11 is 0. The molecule has 0 saturated heterocycles. The molecule has 0 aliphatic carbocycles. The van der Waals surface area contributed by atoms with E-state index in [-0.39, 0.29) is 12.4 Å². The van der Waals surface area contributed by atoms with Gasteiger partial charge in [0.05, 0.1) is 0 Å². The Morgan fingerprint density at radius 1 is 0.808 bits per heavy atom. The van der Waals surface area contributed by atoms with Crippen molar-refractivity contribution in [1.82, 2.24) is 0 Å². The highest BCUT2D eigenvalue weighted by Gasteiger charge is 2.76. The van der Waals surface area contributed by atoms with Crippen molar-refractivity contribution in [3.8, 4) is 5.75 Å². The number of Topliss-reactive ketones (excluding diaryl/α,β-unsaturated/α-hetero) is 1. The fraction of sp³-hybridized carbons (Fsp3) is 0.235. The molecule has 0 atom stereocenters. The minimum absolute atomic E-state index is 0.108. The zero-order chi connectivity index (χ0) is 19.6. The first-order chi connectivity index (χ1) is 12.0. The summed E-state index contributed by atoms with van der Waals surface area (Å²) in [5, 5.41) is 0. The van der Waals surface area contributed by atoms with Gasteiger partial charge in [0.25, 0.3) is 0 Å². The van der Waals surface area contributed by atoms with E-state index in [9.17, 15) is 35.5 Å². The summed E-state index contributed by atoms with van der Waals surface area (Å²) in [5.74, 6) is -14.9. The van der Waals surface area contributed by atoms with Crippen LogP contribution in [0.1, 0.15) is 15.9 Å². The molecule has 2 rings (SSSR count). The third-order valence-corrected chi connectivity index (χ3v) is 3.40. The number of hydrogen-bond acceptors (Lipinski definition) is 2. The van der Waals surface area contributed by atoms with E-state index in [2.05, 4.69) is 0 Å². The molecule has 0 N–H and O–H groups in total. The van der Waals surface area contributed by atoms with Gasteiger partial charge >= 0.3 is 18.0 Å². The molecule has 26 heavy (non-hydrogen) atoms. The Balaban J connectivity index is 2.13. The second kappa shape index (κ2) is 6.97. The van der Waals surface area contributed by atoms with Gasteiger partial charge in [-0.15, -0.1) is 0 Å². The van der Waals surface area contributed by atoms with Gasteiger partial charge in [-0.2, -0.15) is 30.7 Å². The monoisotopic (exact) mass is 380 g/mol. The molecular weight excluding hydrogens is 369 g/mol. The molecule has 0 unspecified atom stereocenters. The maximum Gasteiger partial charge on any atom is 0.460 e. The normalized spacial score (nSPS) is 12.7. The lowest BCUT2D eigenvalue weighted by Gasteiger charge is -2.27. The van der Waals surface area contributed by atoms with Crippen LogP contribution in [0.25, 0.3) is 0 Å². The summed E-state index contributed by atoms with van der Waals surface area (Å²) in [5.41, 5.74) is -0.213. The van der Waals surface area contributed by atoms with Gasteiger partial charge in [0, 0.05) is 5.56 Å². The number of hydrogen-bond donors (Lipinski definition) is 0. The van der Waals surface area contributed by atoms with E-state index in [1.54, 1.807) is 30.3 Å². The molecule has 0 bridgehead atoms. The number of ether oxygens (including phenoxy) is 1. The first-order valence-corrected chi connectivity index (χ1v) is 7.11. The Hall–Kier alpha value is -2.58. The standard InChI is InChI=1S/C17H11F7O2/c18-15(19,16(20,21)17(22,23)24)14(25)12-6-8-13(9-7-12)26-10-11-4-2-1-3-5-11/h1-9H,10H2. The van der Waals surface area contributed by atoms with Crippen LogP contribution >= 0.6 is 0 Å². The van der Waals surface area contributed by atoms with Crippen LogP contribution in [0.3, 0.4) is 0 Å². The van der Waals surface area contributed by atoms with Crippen molar-refractivity contribution in [3.63, 3.8) is 0 Å². The second-order valence-corrected chi connectivity index (χ2v) is 5.27. The van der Waals surface area contributed by atoms with E-state index < -0.39 is 29.4 Å². The molecule has 0 heterocycles. The lowest BCUT2D eigenvalue weighted by molar-refractivity contribution is -0.339. The Bertz CT molecular complexity index is 753. The van der Waals surface area contributed by atoms with Gasteiger partial charge in [0.15, 0.2) is 0 Å². The quantitative estimate of drug-likeness (QED) is 0.503. The van der Waals surface area contributed by atoms with Crippen molar-refractivity contribution in [3.05, 3.63) is 65.7 Å². The number of benzene rings is 2. The van der Waals surface area contributed by atoms with E-state index in [4.69, 9.17) is 4.74 Å². The van der Waals surface area contributed by atoms with Crippen LogP contribution in [-0.4, -0.2) is 23.8 Å². The molecule has 140 valence electrons. The van der Waals surface area contributed by atoms with Crippen LogP contribution < -0.4 is 4.74 Å². The van der Waals surface area contributed by atoms with E-state index in [0.29, 0.717) is 12.1 Å². The average Bonchev–Trinajstić information content (AvgIpc) is 2.59. The third kappa shape index (κ3) is 3.81. The number of ketones is 1. The molecule has 0 aliphatic rings. The van der Waals surface area contributed by atoms with Gasteiger partial charge in [0.1, 0.15) is 12.4 Å². The second-order valence-electron chi connectivity index (χ2n) is 5.27. The maximum absolute atomic E-state index is 13.4. The number of carbonyl (C=O) groups is 1. The van der Waals surface area contributed by atoms with Gasteiger partial charge in [0.2, 0.25) is 5.78 Å².